The van der Waals surface area contributed by atoms with Gasteiger partial charge in [0.05, 0.1) is 5.69 Å². The summed E-state index contributed by atoms with van der Waals surface area (Å²) in [4.78, 5) is 10.5. The number of rotatable bonds is 3. The van der Waals surface area contributed by atoms with E-state index in [1.165, 1.54) is 19.1 Å². The average Bonchev–Trinajstić information content (AvgIpc) is 2.14. The Kier molecular flexibility index (Phi) is 3.60. The minimum absolute atomic E-state index is 0.310. The lowest BCUT2D eigenvalue weighted by Crippen LogP contribution is -2.26. The van der Waals surface area contributed by atoms with Crippen molar-refractivity contribution in [3.05, 3.63) is 24.3 Å². The molecule has 0 fully saturated rings. The SMILES string of the molecule is CC(=O)NNc1ccc(OC(F)(F)F)cc1. The highest BCUT2D eigenvalue weighted by Crippen LogP contribution is 2.23. The topological polar surface area (TPSA) is 50.4 Å². The van der Waals surface area contributed by atoms with Gasteiger partial charge in [-0.25, -0.2) is 0 Å². The zero-order valence-electron chi connectivity index (χ0n) is 8.26. The van der Waals surface area contributed by atoms with E-state index in [4.69, 9.17) is 0 Å². The maximum Gasteiger partial charge on any atom is 0.573 e. The largest absolute Gasteiger partial charge is 0.573 e. The molecule has 0 aliphatic rings. The van der Waals surface area contributed by atoms with Crippen molar-refractivity contribution in [1.29, 1.82) is 0 Å². The van der Waals surface area contributed by atoms with Gasteiger partial charge in [0.25, 0.3) is 0 Å². The van der Waals surface area contributed by atoms with E-state index in [1.807, 2.05) is 0 Å². The van der Waals surface area contributed by atoms with Crippen LogP contribution in [0.4, 0.5) is 18.9 Å². The van der Waals surface area contributed by atoms with Crippen molar-refractivity contribution in [2.45, 2.75) is 13.3 Å². The molecule has 1 amide bonds. The Bertz CT molecular complexity index is 362. The summed E-state index contributed by atoms with van der Waals surface area (Å²) in [5.41, 5.74) is 5.22. The number of carbonyl (C=O) groups is 1. The third-order valence-electron chi connectivity index (χ3n) is 1.47. The predicted octanol–water partition coefficient (Wildman–Crippen LogP) is 2.05. The molecule has 0 unspecified atom stereocenters. The molecule has 0 heterocycles. The lowest BCUT2D eigenvalue weighted by atomic mass is 10.3. The average molecular weight is 234 g/mol. The third-order valence-corrected chi connectivity index (χ3v) is 1.47. The first-order valence-corrected chi connectivity index (χ1v) is 4.25. The molecular formula is C9H9F3N2O2. The van der Waals surface area contributed by atoms with Crippen molar-refractivity contribution in [2.75, 3.05) is 5.43 Å². The van der Waals surface area contributed by atoms with Crippen LogP contribution in [0.5, 0.6) is 5.75 Å². The fourth-order valence-corrected chi connectivity index (χ4v) is 0.900. The standard InChI is InChI=1S/C9H9F3N2O2/c1-6(15)13-14-7-2-4-8(5-3-7)16-9(10,11)12/h2-5,14H,1H3,(H,13,15). The first-order valence-electron chi connectivity index (χ1n) is 4.25. The highest BCUT2D eigenvalue weighted by molar-refractivity contribution is 5.74. The number of hydrogen-bond donors (Lipinski definition) is 2. The van der Waals surface area contributed by atoms with Gasteiger partial charge in [-0.05, 0) is 24.3 Å². The molecule has 0 saturated heterocycles. The zero-order chi connectivity index (χ0) is 12.2. The molecule has 88 valence electrons. The molecule has 0 aromatic heterocycles. The summed E-state index contributed by atoms with van der Waals surface area (Å²) in [7, 11) is 0. The molecule has 0 saturated carbocycles. The van der Waals surface area contributed by atoms with E-state index in [1.54, 1.807) is 0 Å². The second-order valence-corrected chi connectivity index (χ2v) is 2.88. The first kappa shape index (κ1) is 12.2. The molecule has 16 heavy (non-hydrogen) atoms. The Morgan fingerprint density at radius 2 is 1.81 bits per heavy atom. The van der Waals surface area contributed by atoms with Crippen molar-refractivity contribution in [1.82, 2.24) is 5.43 Å². The monoisotopic (exact) mass is 234 g/mol. The Morgan fingerprint density at radius 3 is 2.25 bits per heavy atom. The summed E-state index contributed by atoms with van der Waals surface area (Å²) in [5, 5.41) is 0. The van der Waals surface area contributed by atoms with Crippen molar-refractivity contribution < 1.29 is 22.7 Å². The number of ether oxygens (including phenoxy) is 1. The summed E-state index contributed by atoms with van der Waals surface area (Å²) in [5.74, 6) is -0.628. The van der Waals surface area contributed by atoms with Crippen LogP contribution < -0.4 is 15.6 Å². The third kappa shape index (κ3) is 4.54. The maximum atomic E-state index is 11.8. The highest BCUT2D eigenvalue weighted by Gasteiger charge is 2.30. The van der Waals surface area contributed by atoms with E-state index in [0.29, 0.717) is 5.69 Å². The number of benzene rings is 1. The van der Waals surface area contributed by atoms with Gasteiger partial charge in [0, 0.05) is 6.92 Å². The minimum atomic E-state index is -4.70. The number of anilines is 1. The highest BCUT2D eigenvalue weighted by atomic mass is 19.4. The van der Waals surface area contributed by atoms with E-state index in [0.717, 1.165) is 12.1 Å². The van der Waals surface area contributed by atoms with Gasteiger partial charge < -0.3 is 4.74 Å². The normalized spacial score (nSPS) is 10.8. The molecule has 0 aliphatic heterocycles. The number of carbonyl (C=O) groups excluding carboxylic acids is 1. The van der Waals surface area contributed by atoms with Gasteiger partial charge in [0.2, 0.25) is 5.91 Å². The molecule has 0 atom stereocenters. The van der Waals surface area contributed by atoms with E-state index >= 15 is 0 Å². The van der Waals surface area contributed by atoms with Gasteiger partial charge >= 0.3 is 6.36 Å². The first-order chi connectivity index (χ1) is 7.37. The fraction of sp³-hybridized carbons (Fsp3) is 0.222. The molecule has 4 nitrogen and oxygen atoms in total. The second-order valence-electron chi connectivity index (χ2n) is 2.88. The molecular weight excluding hydrogens is 225 g/mol. The number of alkyl halides is 3. The van der Waals surface area contributed by atoms with Gasteiger partial charge in [-0.15, -0.1) is 13.2 Å². The fourth-order valence-electron chi connectivity index (χ4n) is 0.900. The maximum absolute atomic E-state index is 11.8. The minimum Gasteiger partial charge on any atom is -0.406 e. The van der Waals surface area contributed by atoms with Crippen LogP contribution in [-0.2, 0) is 4.79 Å². The van der Waals surface area contributed by atoms with Crippen LogP contribution in [0.2, 0.25) is 0 Å². The van der Waals surface area contributed by atoms with Crippen LogP contribution in [-0.4, -0.2) is 12.3 Å². The summed E-state index contributed by atoms with van der Waals surface area (Å²) in [6.45, 7) is 1.30. The molecule has 7 heteroatoms. The smallest absolute Gasteiger partial charge is 0.406 e. The van der Waals surface area contributed by atoms with E-state index in [-0.39, 0.29) is 11.7 Å². The Morgan fingerprint density at radius 1 is 1.25 bits per heavy atom. The lowest BCUT2D eigenvalue weighted by molar-refractivity contribution is -0.274. The van der Waals surface area contributed by atoms with Crippen LogP contribution in [0, 0.1) is 0 Å². The molecule has 0 bridgehead atoms. The zero-order valence-corrected chi connectivity index (χ0v) is 8.26. The number of amides is 1. The molecule has 2 N–H and O–H groups in total. The van der Waals surface area contributed by atoms with E-state index in [9.17, 15) is 18.0 Å². The lowest BCUT2D eigenvalue weighted by Gasteiger charge is -2.10. The summed E-state index contributed by atoms with van der Waals surface area (Å²) >= 11 is 0. The van der Waals surface area contributed by atoms with Crippen LogP contribution >= 0.6 is 0 Å². The predicted molar refractivity (Wildman–Crippen MR) is 50.6 cm³/mol. The van der Waals surface area contributed by atoms with E-state index in [2.05, 4.69) is 15.6 Å². The van der Waals surface area contributed by atoms with Gasteiger partial charge in [0.15, 0.2) is 0 Å². The molecule has 0 aliphatic carbocycles. The van der Waals surface area contributed by atoms with Crippen molar-refractivity contribution in [3.8, 4) is 5.75 Å². The molecule has 1 rings (SSSR count). The van der Waals surface area contributed by atoms with Crippen LogP contribution in [0.3, 0.4) is 0 Å². The Labute approximate surface area is 89.4 Å². The molecule has 0 spiro atoms. The van der Waals surface area contributed by atoms with Gasteiger partial charge in [0.1, 0.15) is 5.75 Å². The molecule has 0 radical (unpaired) electrons. The van der Waals surface area contributed by atoms with Crippen LogP contribution in [0.25, 0.3) is 0 Å². The van der Waals surface area contributed by atoms with Crippen molar-refractivity contribution in [3.63, 3.8) is 0 Å². The van der Waals surface area contributed by atoms with Crippen molar-refractivity contribution in [2.24, 2.45) is 0 Å². The van der Waals surface area contributed by atoms with Gasteiger partial charge in [-0.2, -0.15) is 0 Å². The van der Waals surface area contributed by atoms with Crippen molar-refractivity contribution >= 4 is 11.6 Å². The van der Waals surface area contributed by atoms with Crippen LogP contribution in [0.15, 0.2) is 24.3 Å². The van der Waals surface area contributed by atoms with Crippen LogP contribution in [0.1, 0.15) is 6.92 Å². The van der Waals surface area contributed by atoms with E-state index < -0.39 is 6.36 Å². The van der Waals surface area contributed by atoms with Gasteiger partial charge in [-0.3, -0.25) is 15.6 Å². The quantitative estimate of drug-likeness (QED) is 0.787. The second kappa shape index (κ2) is 4.73. The number of halogens is 3. The molecule has 1 aromatic carbocycles. The van der Waals surface area contributed by atoms with Gasteiger partial charge in [-0.1, -0.05) is 0 Å². The summed E-state index contributed by atoms with van der Waals surface area (Å²) in [6.07, 6.45) is -4.70. The number of hydrogen-bond acceptors (Lipinski definition) is 3. The summed E-state index contributed by atoms with van der Waals surface area (Å²) < 4.78 is 39.1. The number of hydrazine groups is 1. The Hall–Kier alpha value is -1.92. The number of nitrogens with one attached hydrogen (secondary N) is 2. The summed E-state index contributed by atoms with van der Waals surface area (Å²) in [6, 6.07) is 4.96. The molecule has 1 aromatic rings. The Balaban J connectivity index is 2.57.